The molecule has 1 aromatic rings. The largest absolute Gasteiger partial charge is 0.390 e. The van der Waals surface area contributed by atoms with Crippen LogP contribution in [0.15, 0.2) is 12.4 Å². The molecule has 6 heteroatoms. The van der Waals surface area contributed by atoms with Crippen LogP contribution in [-0.2, 0) is 11.2 Å². The highest BCUT2D eigenvalue weighted by Crippen LogP contribution is 2.36. The molecule has 21 heavy (non-hydrogen) atoms. The summed E-state index contributed by atoms with van der Waals surface area (Å²) in [5.74, 6) is 0.888. The number of amides is 1. The van der Waals surface area contributed by atoms with Crippen LogP contribution in [0.3, 0.4) is 0 Å². The number of aromatic nitrogens is 2. The van der Waals surface area contributed by atoms with E-state index in [4.69, 9.17) is 0 Å². The summed E-state index contributed by atoms with van der Waals surface area (Å²) < 4.78 is 0. The lowest BCUT2D eigenvalue weighted by Crippen LogP contribution is -2.38. The minimum atomic E-state index is -0.623. The first-order valence-electron chi connectivity index (χ1n) is 7.75. The van der Waals surface area contributed by atoms with Gasteiger partial charge in [0, 0.05) is 25.7 Å². The second-order valence-corrected chi connectivity index (χ2v) is 6.39. The second kappa shape index (κ2) is 6.15. The fourth-order valence-corrected chi connectivity index (χ4v) is 3.63. The molecule has 0 aromatic carbocycles. The van der Waals surface area contributed by atoms with Crippen molar-refractivity contribution in [3.05, 3.63) is 18.0 Å². The third-order valence-corrected chi connectivity index (χ3v) is 4.87. The Labute approximate surface area is 124 Å². The van der Waals surface area contributed by atoms with Gasteiger partial charge in [0.1, 0.15) is 0 Å². The molecule has 3 rings (SSSR count). The Morgan fingerprint density at radius 1 is 1.29 bits per heavy atom. The number of carbonyl (C=O) groups excluding carboxylic acids is 1. The number of H-pyrrole nitrogens is 1. The molecule has 1 amide bonds. The molecule has 0 bridgehead atoms. The maximum Gasteiger partial charge on any atom is 0.222 e. The van der Waals surface area contributed by atoms with Crippen molar-refractivity contribution in [2.45, 2.75) is 44.3 Å². The van der Waals surface area contributed by atoms with E-state index in [1.807, 2.05) is 11.1 Å². The maximum absolute atomic E-state index is 12.3. The molecule has 1 aliphatic heterocycles. The molecule has 3 N–H and O–H groups in total. The molecule has 1 saturated carbocycles. The third-order valence-electron chi connectivity index (χ3n) is 4.87. The maximum atomic E-state index is 12.3. The summed E-state index contributed by atoms with van der Waals surface area (Å²) in [6.07, 6.45) is 5.88. The molecular formula is C15H23N3O3. The highest BCUT2D eigenvalue weighted by atomic mass is 16.3. The average Bonchev–Trinajstić information content (AvgIpc) is 3.08. The molecule has 1 aliphatic carbocycles. The zero-order valence-corrected chi connectivity index (χ0v) is 12.1. The molecule has 2 heterocycles. The molecule has 2 aliphatic rings. The van der Waals surface area contributed by atoms with Gasteiger partial charge in [-0.1, -0.05) is 0 Å². The Morgan fingerprint density at radius 3 is 2.52 bits per heavy atom. The van der Waals surface area contributed by atoms with Crippen LogP contribution in [0.5, 0.6) is 0 Å². The fraction of sp³-hybridized carbons (Fsp3) is 0.733. The molecular weight excluding hydrogens is 270 g/mol. The molecule has 0 spiro atoms. The first-order chi connectivity index (χ1) is 10.1. The van der Waals surface area contributed by atoms with Gasteiger partial charge in [-0.2, -0.15) is 5.10 Å². The zero-order valence-electron chi connectivity index (χ0n) is 12.1. The van der Waals surface area contributed by atoms with E-state index in [0.717, 1.165) is 31.5 Å². The normalized spacial score (nSPS) is 32.2. The van der Waals surface area contributed by atoms with Crippen molar-refractivity contribution in [2.24, 2.45) is 11.8 Å². The number of rotatable bonds is 4. The summed E-state index contributed by atoms with van der Waals surface area (Å²) in [4.78, 5) is 14.2. The summed E-state index contributed by atoms with van der Waals surface area (Å²) in [6.45, 7) is 1.47. The van der Waals surface area contributed by atoms with Gasteiger partial charge in [0.25, 0.3) is 0 Å². The molecule has 0 unspecified atom stereocenters. The molecule has 2 fully saturated rings. The lowest BCUT2D eigenvalue weighted by molar-refractivity contribution is -0.130. The highest BCUT2D eigenvalue weighted by molar-refractivity contribution is 5.76. The van der Waals surface area contributed by atoms with Gasteiger partial charge in [-0.15, -0.1) is 0 Å². The number of aryl methyl sites for hydroxylation is 1. The minimum Gasteiger partial charge on any atom is -0.390 e. The number of nitrogens with zero attached hydrogens (tertiary/aromatic N) is 2. The smallest absolute Gasteiger partial charge is 0.222 e. The first kappa shape index (κ1) is 14.5. The molecule has 4 atom stereocenters. The van der Waals surface area contributed by atoms with Crippen molar-refractivity contribution in [1.29, 1.82) is 0 Å². The van der Waals surface area contributed by atoms with E-state index < -0.39 is 12.2 Å². The summed E-state index contributed by atoms with van der Waals surface area (Å²) in [5, 5.41) is 26.1. The number of hydrogen-bond acceptors (Lipinski definition) is 4. The topological polar surface area (TPSA) is 89.5 Å². The van der Waals surface area contributed by atoms with E-state index in [0.29, 0.717) is 31.1 Å². The second-order valence-electron chi connectivity index (χ2n) is 6.39. The quantitative estimate of drug-likeness (QED) is 0.746. The number of aliphatic hydroxyl groups is 2. The Bertz CT molecular complexity index is 459. The fourth-order valence-electron chi connectivity index (χ4n) is 3.63. The highest BCUT2D eigenvalue weighted by Gasteiger charge is 2.42. The van der Waals surface area contributed by atoms with Crippen molar-refractivity contribution >= 4 is 5.91 Å². The minimum absolute atomic E-state index is 0.192. The van der Waals surface area contributed by atoms with E-state index in [-0.39, 0.29) is 5.91 Å². The van der Waals surface area contributed by atoms with Crippen molar-refractivity contribution in [3.8, 4) is 0 Å². The number of carbonyl (C=O) groups is 1. The van der Waals surface area contributed by atoms with Gasteiger partial charge in [0.05, 0.1) is 18.4 Å². The number of aliphatic hydroxyl groups excluding tert-OH is 2. The monoisotopic (exact) mass is 293 g/mol. The van der Waals surface area contributed by atoms with Gasteiger partial charge < -0.3 is 15.1 Å². The van der Waals surface area contributed by atoms with Crippen LogP contribution in [0, 0.1) is 11.8 Å². The third kappa shape index (κ3) is 3.27. The van der Waals surface area contributed by atoms with Gasteiger partial charge in [0.2, 0.25) is 5.91 Å². The van der Waals surface area contributed by atoms with E-state index in [2.05, 4.69) is 10.2 Å². The Hall–Kier alpha value is -1.40. The SMILES string of the molecule is O=C(CCCc1cn[nH]c1)N1C[C@H]2C[C@H](O)[C@@H](O)C[C@H]2C1. The van der Waals surface area contributed by atoms with Crippen LogP contribution >= 0.6 is 0 Å². The van der Waals surface area contributed by atoms with Crippen molar-refractivity contribution in [2.75, 3.05) is 13.1 Å². The molecule has 1 aromatic heterocycles. The number of hydrogen-bond donors (Lipinski definition) is 3. The van der Waals surface area contributed by atoms with Gasteiger partial charge in [-0.05, 0) is 43.1 Å². The number of likely N-dealkylation sites (tertiary alicyclic amines) is 1. The van der Waals surface area contributed by atoms with Crippen LogP contribution in [0.1, 0.15) is 31.2 Å². The number of fused-ring (bicyclic) bond motifs is 1. The Kier molecular flexibility index (Phi) is 4.26. The van der Waals surface area contributed by atoms with Gasteiger partial charge in [0.15, 0.2) is 0 Å². The molecule has 0 radical (unpaired) electrons. The van der Waals surface area contributed by atoms with Gasteiger partial charge in [-0.3, -0.25) is 9.89 Å². The van der Waals surface area contributed by atoms with Crippen molar-refractivity contribution in [3.63, 3.8) is 0 Å². The number of aromatic amines is 1. The predicted octanol–water partition coefficient (Wildman–Crippen LogP) is 0.323. The summed E-state index contributed by atoms with van der Waals surface area (Å²) in [6, 6.07) is 0. The number of nitrogens with one attached hydrogen (secondary N) is 1. The lowest BCUT2D eigenvalue weighted by atomic mass is 9.79. The van der Waals surface area contributed by atoms with E-state index in [9.17, 15) is 15.0 Å². The zero-order chi connectivity index (χ0) is 14.8. The predicted molar refractivity (Wildman–Crippen MR) is 76.3 cm³/mol. The van der Waals surface area contributed by atoms with Crippen LogP contribution in [0.25, 0.3) is 0 Å². The molecule has 1 saturated heterocycles. The van der Waals surface area contributed by atoms with Crippen LogP contribution in [0.2, 0.25) is 0 Å². The van der Waals surface area contributed by atoms with E-state index >= 15 is 0 Å². The van der Waals surface area contributed by atoms with Crippen molar-refractivity contribution in [1.82, 2.24) is 15.1 Å². The van der Waals surface area contributed by atoms with Crippen LogP contribution in [0.4, 0.5) is 0 Å². The standard InChI is InChI=1S/C15H23N3O3/c19-13-4-11-8-18(9-12(11)5-14(13)20)15(21)3-1-2-10-6-16-17-7-10/h6-7,11-14,19-20H,1-5,8-9H2,(H,16,17)/t11-,12+,13-,14-/m0/s1. The summed E-state index contributed by atoms with van der Waals surface area (Å²) in [7, 11) is 0. The van der Waals surface area contributed by atoms with Gasteiger partial charge in [-0.25, -0.2) is 0 Å². The summed E-state index contributed by atoms with van der Waals surface area (Å²) in [5.41, 5.74) is 1.13. The lowest BCUT2D eigenvalue weighted by Gasteiger charge is -2.31. The van der Waals surface area contributed by atoms with E-state index in [1.54, 1.807) is 6.20 Å². The first-order valence-corrected chi connectivity index (χ1v) is 7.75. The summed E-state index contributed by atoms with van der Waals surface area (Å²) >= 11 is 0. The molecule has 6 nitrogen and oxygen atoms in total. The Balaban J connectivity index is 1.46. The van der Waals surface area contributed by atoms with E-state index in [1.165, 1.54) is 0 Å². The van der Waals surface area contributed by atoms with Crippen LogP contribution in [-0.4, -0.2) is 56.5 Å². The van der Waals surface area contributed by atoms with Crippen LogP contribution < -0.4 is 0 Å². The van der Waals surface area contributed by atoms with Gasteiger partial charge >= 0.3 is 0 Å². The van der Waals surface area contributed by atoms with Crippen molar-refractivity contribution < 1.29 is 15.0 Å². The molecule has 116 valence electrons. The average molecular weight is 293 g/mol. The Morgan fingerprint density at radius 2 is 1.95 bits per heavy atom.